The van der Waals surface area contributed by atoms with Gasteiger partial charge in [-0.25, -0.2) is 8.78 Å². The molecule has 1 aromatic heterocycles. The summed E-state index contributed by atoms with van der Waals surface area (Å²) in [6.45, 7) is 0. The zero-order chi connectivity index (χ0) is 11.7. The Kier molecular flexibility index (Phi) is 3.07. The van der Waals surface area contributed by atoms with Gasteiger partial charge in [0.05, 0.1) is 12.3 Å². The number of nitrogens with two attached hydrogens (primary N) is 1. The molecule has 1 atom stereocenters. The molecular weight excluding hydrogens is 280 g/mol. The highest BCUT2D eigenvalue weighted by Gasteiger charge is 2.19. The molecule has 0 bridgehead atoms. The maximum atomic E-state index is 13.5. The van der Waals surface area contributed by atoms with E-state index >= 15 is 0 Å². The monoisotopic (exact) mass is 287 g/mol. The summed E-state index contributed by atoms with van der Waals surface area (Å²) in [5.74, 6) is -1.84. The molecule has 2 rings (SSSR count). The Labute approximate surface area is 99.2 Å². The van der Waals surface area contributed by atoms with Gasteiger partial charge in [0.2, 0.25) is 0 Å². The van der Waals surface area contributed by atoms with Crippen LogP contribution in [0.25, 0.3) is 0 Å². The number of rotatable bonds is 2. The molecule has 0 aliphatic rings. The first kappa shape index (κ1) is 11.3. The maximum absolute atomic E-state index is 13.5. The second-order valence-corrected chi connectivity index (χ2v) is 3.99. The largest absolute Gasteiger partial charge is 0.457 e. The molecule has 1 heterocycles. The van der Waals surface area contributed by atoms with E-state index in [1.807, 2.05) is 0 Å². The molecule has 16 heavy (non-hydrogen) atoms. The van der Waals surface area contributed by atoms with Crippen molar-refractivity contribution in [3.63, 3.8) is 0 Å². The Morgan fingerprint density at radius 3 is 2.56 bits per heavy atom. The van der Waals surface area contributed by atoms with Gasteiger partial charge < -0.3 is 10.2 Å². The number of halogens is 3. The summed E-state index contributed by atoms with van der Waals surface area (Å²) in [6.07, 6.45) is 1.43. The Morgan fingerprint density at radius 1 is 1.19 bits per heavy atom. The summed E-state index contributed by atoms with van der Waals surface area (Å²) < 4.78 is 31.9. The van der Waals surface area contributed by atoms with Crippen molar-refractivity contribution in [2.75, 3.05) is 0 Å². The first-order valence-electron chi connectivity index (χ1n) is 4.53. The summed E-state index contributed by atoms with van der Waals surface area (Å²) in [5, 5.41) is 0. The van der Waals surface area contributed by atoms with E-state index < -0.39 is 17.7 Å². The first-order chi connectivity index (χ1) is 7.61. The molecule has 0 saturated heterocycles. The molecule has 1 unspecified atom stereocenters. The van der Waals surface area contributed by atoms with Crippen molar-refractivity contribution in [2.24, 2.45) is 5.73 Å². The molecule has 2 N–H and O–H groups in total. The molecule has 2 aromatic rings. The maximum Gasteiger partial charge on any atom is 0.174 e. The fourth-order valence-corrected chi connectivity index (χ4v) is 1.94. The van der Waals surface area contributed by atoms with E-state index in [1.165, 1.54) is 18.4 Å². The van der Waals surface area contributed by atoms with Crippen molar-refractivity contribution in [2.45, 2.75) is 6.04 Å². The van der Waals surface area contributed by atoms with Crippen molar-refractivity contribution >= 4 is 15.9 Å². The molecule has 84 valence electrons. The fourth-order valence-electron chi connectivity index (χ4n) is 1.45. The molecule has 0 amide bonds. The Balaban J connectivity index is 2.46. The lowest BCUT2D eigenvalue weighted by Crippen LogP contribution is -2.14. The summed E-state index contributed by atoms with van der Waals surface area (Å²) >= 11 is 3.14. The molecule has 5 heteroatoms. The SMILES string of the molecule is NC(c1ccoc1Br)c1cccc(F)c1F. The van der Waals surface area contributed by atoms with Crippen LogP contribution in [0.15, 0.2) is 39.6 Å². The molecule has 0 fully saturated rings. The van der Waals surface area contributed by atoms with Crippen LogP contribution in [0.5, 0.6) is 0 Å². The number of furan rings is 1. The highest BCUT2D eigenvalue weighted by Crippen LogP contribution is 2.29. The van der Waals surface area contributed by atoms with Gasteiger partial charge in [-0.1, -0.05) is 12.1 Å². The average molecular weight is 288 g/mol. The number of hydrogen-bond donors (Lipinski definition) is 1. The molecular formula is C11H8BrF2NO. The molecule has 0 aliphatic heterocycles. The molecule has 0 saturated carbocycles. The summed E-state index contributed by atoms with van der Waals surface area (Å²) in [6, 6.07) is 4.77. The van der Waals surface area contributed by atoms with Crippen molar-refractivity contribution in [1.82, 2.24) is 0 Å². The number of benzene rings is 1. The minimum atomic E-state index is -0.928. The van der Waals surface area contributed by atoms with E-state index in [0.717, 1.165) is 6.07 Å². The Morgan fingerprint density at radius 2 is 1.94 bits per heavy atom. The zero-order valence-electron chi connectivity index (χ0n) is 8.08. The fraction of sp³-hybridized carbons (Fsp3) is 0.0909. The van der Waals surface area contributed by atoms with Gasteiger partial charge in [0.25, 0.3) is 0 Å². The molecule has 0 aliphatic carbocycles. The van der Waals surface area contributed by atoms with Gasteiger partial charge in [-0.05, 0) is 28.1 Å². The predicted molar refractivity (Wildman–Crippen MR) is 58.8 cm³/mol. The average Bonchev–Trinajstić information content (AvgIpc) is 2.68. The molecule has 1 aromatic carbocycles. The van der Waals surface area contributed by atoms with Crippen molar-refractivity contribution in [3.8, 4) is 0 Å². The van der Waals surface area contributed by atoms with Crippen LogP contribution in [0.3, 0.4) is 0 Å². The molecule has 0 spiro atoms. The van der Waals surface area contributed by atoms with E-state index in [9.17, 15) is 8.78 Å². The van der Waals surface area contributed by atoms with Gasteiger partial charge in [0.1, 0.15) is 0 Å². The summed E-state index contributed by atoms with van der Waals surface area (Å²) in [5.41, 5.74) is 6.51. The predicted octanol–water partition coefficient (Wildman–Crippen LogP) is 3.37. The third kappa shape index (κ3) is 1.88. The third-order valence-corrected chi connectivity index (χ3v) is 2.94. The Hall–Kier alpha value is -1.20. The first-order valence-corrected chi connectivity index (χ1v) is 5.33. The van der Waals surface area contributed by atoms with Gasteiger partial charge >= 0.3 is 0 Å². The number of hydrogen-bond acceptors (Lipinski definition) is 2. The van der Waals surface area contributed by atoms with Crippen LogP contribution in [0, 0.1) is 11.6 Å². The standard InChI is InChI=1S/C11H8BrF2NO/c12-11-7(4-5-16-11)10(15)6-2-1-3-8(13)9(6)14/h1-5,10H,15H2. The van der Waals surface area contributed by atoms with E-state index in [0.29, 0.717) is 10.2 Å². The van der Waals surface area contributed by atoms with Crippen molar-refractivity contribution < 1.29 is 13.2 Å². The van der Waals surface area contributed by atoms with Crippen LogP contribution in [-0.4, -0.2) is 0 Å². The minimum Gasteiger partial charge on any atom is -0.457 e. The van der Waals surface area contributed by atoms with Crippen LogP contribution in [0.1, 0.15) is 17.2 Å². The zero-order valence-corrected chi connectivity index (χ0v) is 9.67. The topological polar surface area (TPSA) is 39.2 Å². The minimum absolute atomic E-state index is 0.0992. The quantitative estimate of drug-likeness (QED) is 0.920. The van der Waals surface area contributed by atoms with Crippen LogP contribution < -0.4 is 5.73 Å². The van der Waals surface area contributed by atoms with Crippen LogP contribution in [0.4, 0.5) is 8.78 Å². The third-order valence-electron chi connectivity index (χ3n) is 2.30. The second-order valence-electron chi connectivity index (χ2n) is 3.27. The summed E-state index contributed by atoms with van der Waals surface area (Å²) in [7, 11) is 0. The normalized spacial score (nSPS) is 12.8. The van der Waals surface area contributed by atoms with Gasteiger partial charge in [-0.3, -0.25) is 0 Å². The van der Waals surface area contributed by atoms with Crippen molar-refractivity contribution in [1.29, 1.82) is 0 Å². The lowest BCUT2D eigenvalue weighted by Gasteiger charge is -2.11. The van der Waals surface area contributed by atoms with E-state index in [-0.39, 0.29) is 5.56 Å². The molecule has 2 nitrogen and oxygen atoms in total. The highest BCUT2D eigenvalue weighted by atomic mass is 79.9. The second kappa shape index (κ2) is 4.35. The Bertz CT molecular complexity index is 512. The van der Waals surface area contributed by atoms with Crippen molar-refractivity contribution in [3.05, 3.63) is 58.0 Å². The lowest BCUT2D eigenvalue weighted by molar-refractivity contribution is 0.492. The van der Waals surface area contributed by atoms with Crippen LogP contribution in [-0.2, 0) is 0 Å². The smallest absolute Gasteiger partial charge is 0.174 e. The van der Waals surface area contributed by atoms with E-state index in [2.05, 4.69) is 15.9 Å². The van der Waals surface area contributed by atoms with Gasteiger partial charge in [-0.15, -0.1) is 0 Å². The van der Waals surface area contributed by atoms with Crippen LogP contribution in [0.2, 0.25) is 0 Å². The van der Waals surface area contributed by atoms with Crippen LogP contribution >= 0.6 is 15.9 Å². The van der Waals surface area contributed by atoms with Gasteiger partial charge in [0, 0.05) is 11.1 Å². The van der Waals surface area contributed by atoms with E-state index in [4.69, 9.17) is 10.2 Å². The summed E-state index contributed by atoms with van der Waals surface area (Å²) in [4.78, 5) is 0. The van der Waals surface area contributed by atoms with Gasteiger partial charge in [0.15, 0.2) is 16.3 Å². The highest BCUT2D eigenvalue weighted by molar-refractivity contribution is 9.10. The lowest BCUT2D eigenvalue weighted by atomic mass is 10.0. The van der Waals surface area contributed by atoms with E-state index in [1.54, 1.807) is 6.07 Å². The molecule has 0 radical (unpaired) electrons. The van der Waals surface area contributed by atoms with Gasteiger partial charge in [-0.2, -0.15) is 0 Å².